The molecule has 0 spiro atoms. The smallest absolute Gasteiger partial charge is 0.243 e. The fraction of sp³-hybridized carbons (Fsp3) is 0.611. The maximum atomic E-state index is 12.6. The molecule has 1 aromatic rings. The average molecular weight is 366 g/mol. The fourth-order valence-electron chi connectivity index (χ4n) is 3.51. The molecular formula is C18H26N2O4S. The number of anilines is 1. The first-order chi connectivity index (χ1) is 12.1. The molecule has 1 saturated carbocycles. The van der Waals surface area contributed by atoms with Gasteiger partial charge in [0.25, 0.3) is 0 Å². The van der Waals surface area contributed by atoms with Gasteiger partial charge in [-0.15, -0.1) is 0 Å². The fourth-order valence-corrected chi connectivity index (χ4v) is 4.92. The topological polar surface area (TPSA) is 75.7 Å². The van der Waals surface area contributed by atoms with Crippen LogP contribution in [0.2, 0.25) is 0 Å². The van der Waals surface area contributed by atoms with E-state index in [1.807, 2.05) is 0 Å². The van der Waals surface area contributed by atoms with Gasteiger partial charge in [0.15, 0.2) is 0 Å². The standard InChI is InChI=1S/C18H26N2O4S/c21-18(14-15-4-2-1-3-5-15)19-16-6-8-17(9-7-16)25(22,23)20-10-12-24-13-11-20/h6-9,15H,1-5,10-14H2,(H,19,21). The number of rotatable bonds is 5. The van der Waals surface area contributed by atoms with E-state index < -0.39 is 10.0 Å². The Balaban J connectivity index is 1.58. The highest BCUT2D eigenvalue weighted by atomic mass is 32.2. The van der Waals surface area contributed by atoms with Crippen LogP contribution in [0.4, 0.5) is 5.69 Å². The highest BCUT2D eigenvalue weighted by Crippen LogP contribution is 2.27. The van der Waals surface area contributed by atoms with Gasteiger partial charge in [0.05, 0.1) is 18.1 Å². The summed E-state index contributed by atoms with van der Waals surface area (Å²) in [5, 5.41) is 2.88. The number of sulfonamides is 1. The quantitative estimate of drug-likeness (QED) is 0.869. The van der Waals surface area contributed by atoms with E-state index >= 15 is 0 Å². The number of amides is 1. The molecule has 6 nitrogen and oxygen atoms in total. The zero-order chi connectivity index (χ0) is 17.7. The summed E-state index contributed by atoms with van der Waals surface area (Å²) in [5.74, 6) is 0.491. The second-order valence-electron chi connectivity index (χ2n) is 6.80. The van der Waals surface area contributed by atoms with Crippen molar-refractivity contribution in [2.45, 2.75) is 43.4 Å². The van der Waals surface area contributed by atoms with E-state index in [4.69, 9.17) is 4.74 Å². The highest BCUT2D eigenvalue weighted by molar-refractivity contribution is 7.89. The van der Waals surface area contributed by atoms with Crippen LogP contribution in [0.5, 0.6) is 0 Å². The molecular weight excluding hydrogens is 340 g/mol. The minimum absolute atomic E-state index is 0.00989. The Morgan fingerprint density at radius 3 is 2.36 bits per heavy atom. The zero-order valence-corrected chi connectivity index (χ0v) is 15.3. The molecule has 0 radical (unpaired) electrons. The van der Waals surface area contributed by atoms with Crippen LogP contribution in [0.25, 0.3) is 0 Å². The van der Waals surface area contributed by atoms with Crippen molar-refractivity contribution in [3.05, 3.63) is 24.3 Å². The summed E-state index contributed by atoms with van der Waals surface area (Å²) in [5.41, 5.74) is 0.640. The van der Waals surface area contributed by atoms with E-state index in [0.29, 0.717) is 44.3 Å². The molecule has 0 unspecified atom stereocenters. The molecule has 0 aromatic heterocycles. The Labute approximate surface area is 149 Å². The Morgan fingerprint density at radius 1 is 1.08 bits per heavy atom. The van der Waals surface area contributed by atoms with E-state index in [1.165, 1.54) is 23.6 Å². The van der Waals surface area contributed by atoms with Crippen molar-refractivity contribution >= 4 is 21.6 Å². The third-order valence-electron chi connectivity index (χ3n) is 4.94. The first-order valence-corrected chi connectivity index (χ1v) is 10.5. The van der Waals surface area contributed by atoms with Crippen LogP contribution in [0, 0.1) is 5.92 Å². The second kappa shape index (κ2) is 8.29. The predicted octanol–water partition coefficient (Wildman–Crippen LogP) is 2.62. The summed E-state index contributed by atoms with van der Waals surface area (Å²) < 4.78 is 31.8. The first-order valence-electron chi connectivity index (χ1n) is 9.03. The SMILES string of the molecule is O=C(CC1CCCCC1)Nc1ccc(S(=O)(=O)N2CCOCC2)cc1. The van der Waals surface area contributed by atoms with Crippen molar-refractivity contribution in [2.75, 3.05) is 31.6 Å². The second-order valence-corrected chi connectivity index (χ2v) is 8.74. The summed E-state index contributed by atoms with van der Waals surface area (Å²) in [4.78, 5) is 12.4. The molecule has 1 amide bonds. The van der Waals surface area contributed by atoms with E-state index in [1.54, 1.807) is 24.3 Å². The van der Waals surface area contributed by atoms with Crippen LogP contribution < -0.4 is 5.32 Å². The van der Waals surface area contributed by atoms with Crippen LogP contribution in [-0.2, 0) is 19.6 Å². The molecule has 2 fully saturated rings. The predicted molar refractivity (Wildman–Crippen MR) is 95.8 cm³/mol. The largest absolute Gasteiger partial charge is 0.379 e. The number of ether oxygens (including phenoxy) is 1. The highest BCUT2D eigenvalue weighted by Gasteiger charge is 2.26. The molecule has 2 aliphatic rings. The summed E-state index contributed by atoms with van der Waals surface area (Å²) in [6.07, 6.45) is 6.51. The van der Waals surface area contributed by atoms with E-state index in [-0.39, 0.29) is 10.8 Å². The number of hydrogen-bond acceptors (Lipinski definition) is 4. The van der Waals surface area contributed by atoms with Gasteiger partial charge in [-0.1, -0.05) is 19.3 Å². The lowest BCUT2D eigenvalue weighted by Gasteiger charge is -2.26. The number of carbonyl (C=O) groups excluding carboxylic acids is 1. The van der Waals surface area contributed by atoms with Crippen LogP contribution in [0.15, 0.2) is 29.2 Å². The lowest BCUT2D eigenvalue weighted by atomic mass is 9.87. The minimum atomic E-state index is -3.49. The molecule has 138 valence electrons. The van der Waals surface area contributed by atoms with Gasteiger partial charge in [0.2, 0.25) is 15.9 Å². The number of nitrogens with zero attached hydrogens (tertiary/aromatic N) is 1. The molecule has 1 aliphatic carbocycles. The molecule has 25 heavy (non-hydrogen) atoms. The maximum Gasteiger partial charge on any atom is 0.243 e. The average Bonchev–Trinajstić information content (AvgIpc) is 2.63. The van der Waals surface area contributed by atoms with Gasteiger partial charge in [-0.25, -0.2) is 8.42 Å². The van der Waals surface area contributed by atoms with Crippen LogP contribution >= 0.6 is 0 Å². The maximum absolute atomic E-state index is 12.6. The number of carbonyl (C=O) groups is 1. The lowest BCUT2D eigenvalue weighted by Crippen LogP contribution is -2.40. The Kier molecular flexibility index (Phi) is 6.09. The Bertz CT molecular complexity index is 676. The van der Waals surface area contributed by atoms with Gasteiger partial charge in [0, 0.05) is 25.2 Å². The molecule has 1 saturated heterocycles. The van der Waals surface area contributed by atoms with Gasteiger partial charge in [-0.05, 0) is 43.0 Å². The molecule has 0 bridgehead atoms. The van der Waals surface area contributed by atoms with E-state index in [2.05, 4.69) is 5.32 Å². The number of hydrogen-bond donors (Lipinski definition) is 1. The molecule has 1 N–H and O–H groups in total. The van der Waals surface area contributed by atoms with Crippen molar-refractivity contribution < 1.29 is 17.9 Å². The zero-order valence-electron chi connectivity index (χ0n) is 14.4. The molecule has 3 rings (SSSR count). The van der Waals surface area contributed by atoms with Gasteiger partial charge >= 0.3 is 0 Å². The van der Waals surface area contributed by atoms with Crippen molar-refractivity contribution in [2.24, 2.45) is 5.92 Å². The van der Waals surface area contributed by atoms with Crippen molar-refractivity contribution in [1.29, 1.82) is 0 Å². The van der Waals surface area contributed by atoms with Crippen molar-refractivity contribution in [1.82, 2.24) is 4.31 Å². The van der Waals surface area contributed by atoms with Gasteiger partial charge in [0.1, 0.15) is 0 Å². The molecule has 1 heterocycles. The van der Waals surface area contributed by atoms with Gasteiger partial charge in [-0.2, -0.15) is 4.31 Å². The Hall–Kier alpha value is -1.44. The molecule has 1 aromatic carbocycles. The minimum Gasteiger partial charge on any atom is -0.379 e. The monoisotopic (exact) mass is 366 g/mol. The normalized spacial score (nSPS) is 20.3. The molecule has 0 atom stereocenters. The molecule has 1 aliphatic heterocycles. The van der Waals surface area contributed by atoms with E-state index in [9.17, 15) is 13.2 Å². The lowest BCUT2D eigenvalue weighted by molar-refractivity contribution is -0.117. The summed E-state index contributed by atoms with van der Waals surface area (Å²) in [6.45, 7) is 1.60. The number of nitrogens with one attached hydrogen (secondary N) is 1. The van der Waals surface area contributed by atoms with Gasteiger partial charge in [-0.3, -0.25) is 4.79 Å². The third kappa shape index (κ3) is 4.80. The summed E-state index contributed by atoms with van der Waals surface area (Å²) in [6, 6.07) is 6.43. The van der Waals surface area contributed by atoms with Crippen molar-refractivity contribution in [3.8, 4) is 0 Å². The summed E-state index contributed by atoms with van der Waals surface area (Å²) in [7, 11) is -3.49. The van der Waals surface area contributed by atoms with Crippen molar-refractivity contribution in [3.63, 3.8) is 0 Å². The molecule has 7 heteroatoms. The van der Waals surface area contributed by atoms with Crippen LogP contribution in [0.3, 0.4) is 0 Å². The number of benzene rings is 1. The number of morpholine rings is 1. The third-order valence-corrected chi connectivity index (χ3v) is 6.86. The van der Waals surface area contributed by atoms with Gasteiger partial charge < -0.3 is 10.1 Å². The van der Waals surface area contributed by atoms with E-state index in [0.717, 1.165) is 12.8 Å². The van der Waals surface area contributed by atoms with Crippen LogP contribution in [0.1, 0.15) is 38.5 Å². The van der Waals surface area contributed by atoms with Crippen LogP contribution in [-0.4, -0.2) is 44.9 Å². The summed E-state index contributed by atoms with van der Waals surface area (Å²) >= 11 is 0. The Morgan fingerprint density at radius 2 is 1.72 bits per heavy atom. The first kappa shape index (κ1) is 18.4.